The summed E-state index contributed by atoms with van der Waals surface area (Å²) < 4.78 is 10.00. The van der Waals surface area contributed by atoms with E-state index in [9.17, 15) is 0 Å². The van der Waals surface area contributed by atoms with Crippen LogP contribution in [0.4, 0.5) is 0 Å². The van der Waals surface area contributed by atoms with Crippen molar-refractivity contribution in [2.24, 2.45) is 0 Å². The second-order valence-corrected chi connectivity index (χ2v) is 2.98. The summed E-state index contributed by atoms with van der Waals surface area (Å²) in [6, 6.07) is 7.88. The van der Waals surface area contributed by atoms with Crippen LogP contribution >= 0.6 is 26.0 Å². The van der Waals surface area contributed by atoms with E-state index in [0.717, 1.165) is 5.75 Å². The van der Waals surface area contributed by atoms with Gasteiger partial charge in [0.15, 0.2) is 0 Å². The van der Waals surface area contributed by atoms with E-state index in [0.29, 0.717) is 0 Å². The maximum Gasteiger partial charge on any atom is 0.215 e. The largest absolute Gasteiger partial charge is 0.450 e. The summed E-state index contributed by atoms with van der Waals surface area (Å²) in [4.78, 5) is 0. The van der Waals surface area contributed by atoms with Crippen LogP contribution in [0.2, 0.25) is 0 Å². The minimum Gasteiger partial charge on any atom is -0.450 e. The molecule has 0 amide bonds. The van der Waals surface area contributed by atoms with Crippen molar-refractivity contribution in [3.63, 3.8) is 0 Å². The third-order valence-electron chi connectivity index (χ3n) is 1.26. The van der Waals surface area contributed by atoms with Gasteiger partial charge in [-0.3, -0.25) is 0 Å². The molecule has 4 heteroatoms. The van der Waals surface area contributed by atoms with E-state index in [-0.39, 0.29) is 26.0 Å². The van der Waals surface area contributed by atoms with Crippen molar-refractivity contribution in [1.82, 2.24) is 0 Å². The van der Waals surface area contributed by atoms with Gasteiger partial charge in [-0.2, -0.15) is 0 Å². The maximum atomic E-state index is 5.22. The summed E-state index contributed by atoms with van der Waals surface area (Å²) in [5.74, 6) is 0.857. The topological polar surface area (TPSA) is 18.5 Å². The van der Waals surface area contributed by atoms with Crippen molar-refractivity contribution >= 4 is 26.0 Å². The molecule has 68 valence electrons. The van der Waals surface area contributed by atoms with Crippen molar-refractivity contribution in [2.75, 3.05) is 7.11 Å². The zero-order chi connectivity index (χ0) is 8.10. The molecule has 0 aliphatic carbocycles. The molecule has 12 heavy (non-hydrogen) atoms. The van der Waals surface area contributed by atoms with E-state index in [1.807, 2.05) is 31.2 Å². The molecule has 0 aliphatic rings. The number of benzene rings is 1. The average Bonchev–Trinajstić information content (AvgIpc) is 2.04. The van der Waals surface area contributed by atoms with Gasteiger partial charge in [0, 0.05) is 7.11 Å². The van der Waals surface area contributed by atoms with Gasteiger partial charge in [-0.05, 0) is 19.1 Å². The van der Waals surface area contributed by atoms with E-state index in [1.165, 1.54) is 5.56 Å². The van der Waals surface area contributed by atoms with Crippen LogP contribution in [0, 0.1) is 6.92 Å². The molecule has 0 saturated carbocycles. The van der Waals surface area contributed by atoms with Crippen LogP contribution in [-0.2, 0) is 4.52 Å². The molecule has 1 aromatic rings. The van der Waals surface area contributed by atoms with Crippen LogP contribution in [0.25, 0.3) is 0 Å². The van der Waals surface area contributed by atoms with E-state index in [1.54, 1.807) is 7.11 Å². The van der Waals surface area contributed by atoms with Crippen LogP contribution in [0.3, 0.4) is 0 Å². The summed E-state index contributed by atoms with van der Waals surface area (Å²) >= 11 is 0. The lowest BCUT2D eigenvalue weighted by atomic mass is 10.2. The van der Waals surface area contributed by atoms with Gasteiger partial charge in [-0.25, -0.2) is 0 Å². The Bertz CT molecular complexity index is 213. The Labute approximate surface area is 85.0 Å². The molecule has 0 heterocycles. The zero-order valence-corrected chi connectivity index (χ0v) is 9.75. The highest BCUT2D eigenvalue weighted by Gasteiger charge is 1.90. The summed E-state index contributed by atoms with van der Waals surface area (Å²) in [5, 5.41) is 0. The van der Waals surface area contributed by atoms with Crippen molar-refractivity contribution in [1.29, 1.82) is 0 Å². The van der Waals surface area contributed by atoms with E-state index < -0.39 is 0 Å². The van der Waals surface area contributed by atoms with E-state index in [4.69, 9.17) is 9.05 Å². The molecule has 1 aromatic carbocycles. The molecule has 0 bridgehead atoms. The van der Waals surface area contributed by atoms with Crippen LogP contribution in [0.5, 0.6) is 5.75 Å². The van der Waals surface area contributed by atoms with Crippen LogP contribution in [0.1, 0.15) is 5.56 Å². The number of halogens is 1. The van der Waals surface area contributed by atoms with Gasteiger partial charge >= 0.3 is 0 Å². The molecule has 1 atom stereocenters. The fourth-order valence-electron chi connectivity index (χ4n) is 0.696. The summed E-state index contributed by atoms with van der Waals surface area (Å²) in [6.07, 6.45) is 0. The fourth-order valence-corrected chi connectivity index (χ4v) is 1.01. The summed E-state index contributed by atoms with van der Waals surface area (Å²) in [7, 11) is 1.71. The molecule has 1 unspecified atom stereocenters. The number of aryl methyl sites for hydroxylation is 1. The molecule has 0 saturated heterocycles. The SMILES string of the molecule is Br.COPOc1ccc(C)cc1. The highest BCUT2D eigenvalue weighted by molar-refractivity contribution is 8.93. The Hall–Kier alpha value is -0.110. The third kappa shape index (κ3) is 4.05. The van der Waals surface area contributed by atoms with Gasteiger partial charge in [0.2, 0.25) is 9.03 Å². The molecule has 0 N–H and O–H groups in total. The molecule has 0 spiro atoms. The highest BCUT2D eigenvalue weighted by Crippen LogP contribution is 2.20. The van der Waals surface area contributed by atoms with Crippen molar-refractivity contribution in [3.8, 4) is 5.75 Å². The first-order valence-corrected chi connectivity index (χ1v) is 4.16. The molecule has 0 fully saturated rings. The smallest absolute Gasteiger partial charge is 0.215 e. The minimum atomic E-state index is 0. The van der Waals surface area contributed by atoms with Gasteiger partial charge in [0.1, 0.15) is 5.75 Å². The Balaban J connectivity index is 0.00000121. The van der Waals surface area contributed by atoms with Gasteiger partial charge in [0.05, 0.1) is 0 Å². The predicted molar refractivity (Wildman–Crippen MR) is 57.5 cm³/mol. The lowest BCUT2D eigenvalue weighted by molar-refractivity contribution is 0.417. The molecule has 0 radical (unpaired) electrons. The van der Waals surface area contributed by atoms with Crippen LogP contribution in [-0.4, -0.2) is 7.11 Å². The summed E-state index contributed by atoms with van der Waals surface area (Å²) in [5.41, 5.74) is 1.23. The monoisotopic (exact) mass is 250 g/mol. The number of rotatable bonds is 3. The third-order valence-corrected chi connectivity index (χ3v) is 1.75. The van der Waals surface area contributed by atoms with Crippen LogP contribution < -0.4 is 4.52 Å². The first-order chi connectivity index (χ1) is 5.33. The zero-order valence-electron chi connectivity index (χ0n) is 7.03. The second-order valence-electron chi connectivity index (χ2n) is 2.20. The normalized spacial score (nSPS) is 9.83. The lowest BCUT2D eigenvalue weighted by Gasteiger charge is -2.02. The Morgan fingerprint density at radius 3 is 2.25 bits per heavy atom. The van der Waals surface area contributed by atoms with Crippen LogP contribution in [0.15, 0.2) is 24.3 Å². The van der Waals surface area contributed by atoms with Crippen molar-refractivity contribution in [2.45, 2.75) is 6.92 Å². The second kappa shape index (κ2) is 6.41. The maximum absolute atomic E-state index is 5.22. The van der Waals surface area contributed by atoms with Gasteiger partial charge in [0.25, 0.3) is 0 Å². The number of hydrogen-bond donors (Lipinski definition) is 0. The number of hydrogen-bond acceptors (Lipinski definition) is 2. The Morgan fingerprint density at radius 1 is 1.17 bits per heavy atom. The van der Waals surface area contributed by atoms with Crippen molar-refractivity contribution in [3.05, 3.63) is 29.8 Å². The molecular formula is C8H12BrO2P. The first-order valence-electron chi connectivity index (χ1n) is 3.34. The average molecular weight is 251 g/mol. The van der Waals surface area contributed by atoms with E-state index >= 15 is 0 Å². The van der Waals surface area contributed by atoms with Crippen molar-refractivity contribution < 1.29 is 9.05 Å². The van der Waals surface area contributed by atoms with Gasteiger partial charge in [-0.1, -0.05) is 17.7 Å². The van der Waals surface area contributed by atoms with Gasteiger partial charge < -0.3 is 9.05 Å². The molecular weight excluding hydrogens is 239 g/mol. The molecule has 0 aliphatic heterocycles. The predicted octanol–water partition coefficient (Wildman–Crippen LogP) is 3.11. The van der Waals surface area contributed by atoms with E-state index in [2.05, 4.69) is 0 Å². The fraction of sp³-hybridized carbons (Fsp3) is 0.250. The molecule has 2 nitrogen and oxygen atoms in total. The summed E-state index contributed by atoms with van der Waals surface area (Å²) in [6.45, 7) is 2.04. The molecule has 1 rings (SSSR count). The standard InChI is InChI=1S/C8H11O2P.BrH/c1-7-3-5-8(6-4-7)10-11-9-2;/h3-6,11H,1-2H3;1H. The minimum absolute atomic E-state index is 0. The van der Waals surface area contributed by atoms with Gasteiger partial charge in [-0.15, -0.1) is 17.0 Å². The molecule has 0 aromatic heterocycles. The highest BCUT2D eigenvalue weighted by atomic mass is 79.9. The Morgan fingerprint density at radius 2 is 1.75 bits per heavy atom. The lowest BCUT2D eigenvalue weighted by Crippen LogP contribution is -1.78. The Kier molecular flexibility index (Phi) is 6.35. The quantitative estimate of drug-likeness (QED) is 0.768. The first kappa shape index (κ1) is 11.9.